The van der Waals surface area contributed by atoms with Gasteiger partial charge < -0.3 is 42.2 Å². The van der Waals surface area contributed by atoms with Gasteiger partial charge in [0.15, 0.2) is 0 Å². The fourth-order valence-electron chi connectivity index (χ4n) is 25.1. The van der Waals surface area contributed by atoms with Crippen LogP contribution in [0.5, 0.6) is 0 Å². The molecule has 4 aromatic carbocycles. The van der Waals surface area contributed by atoms with Gasteiger partial charge in [-0.15, -0.1) is 35.6 Å². The summed E-state index contributed by atoms with van der Waals surface area (Å²) in [5, 5.41) is 3.88. The van der Waals surface area contributed by atoms with Crippen molar-refractivity contribution >= 4 is 132 Å². The van der Waals surface area contributed by atoms with Crippen molar-refractivity contribution in [3.8, 4) is 0 Å². The average molecular weight is 1940 g/mol. The van der Waals surface area contributed by atoms with E-state index in [2.05, 4.69) is 142 Å². The topological polar surface area (TPSA) is 248 Å². The third kappa shape index (κ3) is 27.8. The van der Waals surface area contributed by atoms with Gasteiger partial charge in [0.05, 0.1) is 34.9 Å². The van der Waals surface area contributed by atoms with Crippen LogP contribution < -0.4 is 49.0 Å². The third-order valence-corrected chi connectivity index (χ3v) is 32.0. The molecule has 0 unspecified atom stereocenters. The molecule has 9 aliphatic carbocycles. The van der Waals surface area contributed by atoms with Crippen LogP contribution in [0.1, 0.15) is 288 Å². The summed E-state index contributed by atoms with van der Waals surface area (Å²) in [6.07, 6.45) is 37.5. The van der Waals surface area contributed by atoms with Crippen molar-refractivity contribution in [2.75, 3.05) is 103 Å². The number of carbonyl (C=O) groups is 6. The van der Waals surface area contributed by atoms with Crippen molar-refractivity contribution < 1.29 is 99.1 Å². The van der Waals surface area contributed by atoms with E-state index in [1.165, 1.54) is 225 Å². The smallest absolute Gasteiger partial charge is 0.793 e. The molecule has 9 saturated carbocycles. The van der Waals surface area contributed by atoms with Gasteiger partial charge in [-0.1, -0.05) is 117 Å². The van der Waals surface area contributed by atoms with Gasteiger partial charge in [-0.3, -0.25) is 23.7 Å². The van der Waals surface area contributed by atoms with Gasteiger partial charge in [0.2, 0.25) is 25.0 Å². The number of likely N-dealkylation sites (tertiary alicyclic amines) is 3. The number of rotatable bonds is 4. The molecule has 4 aromatic rings. The number of ether oxygens (including phenoxy) is 2. The molecule has 20 rings (SSSR count). The number of nitrogens with one attached hydrogen (secondary N) is 1. The Hall–Kier alpha value is -4.90. The number of hydrogen-bond donors (Lipinski definition) is 1. The van der Waals surface area contributed by atoms with Gasteiger partial charge in [0, 0.05) is 115 Å². The summed E-state index contributed by atoms with van der Waals surface area (Å²) in [6, 6.07) is 28.9. The molecule has 131 heavy (non-hydrogen) atoms. The van der Waals surface area contributed by atoms with Crippen molar-refractivity contribution in [2.45, 2.75) is 322 Å². The molecule has 11 atom stereocenters. The summed E-state index contributed by atoms with van der Waals surface area (Å²) in [6.45, 7) is 34.3. The molecule has 0 aromatic heterocycles. The number of ketones is 1. The van der Waals surface area contributed by atoms with Gasteiger partial charge in [0.25, 0.3) is 0 Å². The fourth-order valence-corrected chi connectivity index (χ4v) is 26.1. The van der Waals surface area contributed by atoms with Crippen LogP contribution in [0.3, 0.4) is 0 Å². The Bertz CT molecular complexity index is 4790. The zero-order chi connectivity index (χ0) is 92.8. The van der Waals surface area contributed by atoms with E-state index < -0.39 is 48.2 Å². The summed E-state index contributed by atoms with van der Waals surface area (Å²) in [7, 11) is 2.41. The number of anilines is 4. The summed E-state index contributed by atoms with van der Waals surface area (Å²) in [4.78, 5) is 85.4. The number of nitrogens with zero attached hydrogens (tertiary/aromatic N) is 6. The van der Waals surface area contributed by atoms with Gasteiger partial charge in [-0.2, -0.15) is 0 Å². The Kier molecular flexibility index (Phi) is 38.7. The zero-order valence-electron chi connectivity index (χ0n) is 80.4. The molecule has 3 radical (unpaired) electrons. The Morgan fingerprint density at radius 3 is 1.11 bits per heavy atom. The van der Waals surface area contributed by atoms with E-state index in [0.29, 0.717) is 23.7 Å². The minimum Gasteiger partial charge on any atom is -0.793 e. The predicted octanol–water partition coefficient (Wildman–Crippen LogP) is 18.2. The molecule has 22 nitrogen and oxygen atoms in total. The maximum atomic E-state index is 13.0. The van der Waals surface area contributed by atoms with Crippen LogP contribution in [0.4, 0.5) is 32.3 Å². The predicted molar refractivity (Wildman–Crippen MR) is 525 cm³/mol. The minimum atomic E-state index is -3.22. The van der Waals surface area contributed by atoms with Gasteiger partial charge >= 0.3 is 53.7 Å². The quantitative estimate of drug-likeness (QED) is 0.0655. The number of fused-ring (bicyclic) bond motifs is 16. The number of hydrogen-bond acceptors (Lipinski definition) is 19. The molecule has 16 aliphatic rings. The number of Topliss-reactive ketones (excluding diaryl/α,β-unsaturated/α-hetero) is 1. The molecule has 7 heterocycles. The number of piperidine rings is 3. The van der Waals surface area contributed by atoms with Crippen LogP contribution in [0, 0.1) is 75.0 Å². The molecule has 4 spiro atoms. The number of halogens is 4. The van der Waals surface area contributed by atoms with Gasteiger partial charge in [-0.25, -0.2) is 45.8 Å². The number of carbonyl (C=O) groups excluding carboxylic acids is 6. The van der Waals surface area contributed by atoms with Crippen molar-refractivity contribution in [3.63, 3.8) is 0 Å². The van der Waals surface area contributed by atoms with E-state index in [1.807, 2.05) is 63.5 Å². The van der Waals surface area contributed by atoms with E-state index in [1.54, 1.807) is 9.87 Å². The number of aryl methyl sites for hydroxylation is 4. The van der Waals surface area contributed by atoms with Crippen molar-refractivity contribution in [1.29, 1.82) is 0 Å². The second-order valence-electron chi connectivity index (χ2n) is 42.5. The van der Waals surface area contributed by atoms with E-state index in [-0.39, 0.29) is 83.2 Å². The molecule has 8 bridgehead atoms. The SMILES string of the molecule is C.CC(=O)OOC(C)=O.CS(=O)(=O)Cl.Cc1ccc2c(c1)C1(CCCCC1)CN2C(=O)OC(C)(C)C.Cc1ccc2c(c1)C1(CCN([C@H]3C[C@H]4CC[C@@H]3C4)CC1)CN2.Cc1ccc2c(c1)C1(CCN([C@H]3C[C@H]4CC[C@@H]3C4)CC1)CN2C(=O)OC(C)(C)C.Cc1ccc2c(c1)C1(CCN([C@H]3C[C@H]4CC[C@@H]3C4)CC1)CN2S(C)(=O)=O.Cl.ClCCl.O=C1C[C@H]2CC[C@@H]1C2.[B-]OC(C)=O.[Na+]. The number of benzene rings is 4. The van der Waals surface area contributed by atoms with Gasteiger partial charge in [-0.05, 0) is 325 Å². The van der Waals surface area contributed by atoms with Crippen LogP contribution in [-0.4, -0.2) is 188 Å². The molecule has 1 N–H and O–H groups in total. The van der Waals surface area contributed by atoms with Crippen LogP contribution in [-0.2, 0) is 83.8 Å². The number of sulfonamides is 1. The summed E-state index contributed by atoms with van der Waals surface area (Å²) >= 11 is 9.53. The van der Waals surface area contributed by atoms with E-state index >= 15 is 0 Å². The first kappa shape index (κ1) is 110. The summed E-state index contributed by atoms with van der Waals surface area (Å²) in [5.41, 5.74) is 15.0. The maximum absolute atomic E-state index is 13.0. The van der Waals surface area contributed by atoms with Crippen molar-refractivity contribution in [2.24, 2.45) is 47.3 Å². The molecule has 7 aliphatic heterocycles. The normalized spacial score (nSPS) is 26.8. The molecule has 30 heteroatoms. The summed E-state index contributed by atoms with van der Waals surface area (Å²) in [5.74, 6) is 6.07. The molecular formula is C101H150BCl4N7NaO15S2. The van der Waals surface area contributed by atoms with E-state index in [9.17, 15) is 45.6 Å². The van der Waals surface area contributed by atoms with Crippen LogP contribution in [0.2, 0.25) is 0 Å². The standard InChI is InChI=1S/C25H36N2O2.C21H30N2O2S.C20H28N2.C19H27NO2.C7H10O.C4H6O4.C2H3BO2.CH2Cl2.CH3ClO2S.CH4.ClH.Na/c1-17-5-8-21-20(13-17)25(16-27(21)23(28)29-24(2,3)4)9-11-26(12-10-25)22-15-18-6-7-19(22)14-18;1-15-3-6-19-18(11-15)21(14-23(19)26(2,24)25)7-9-22(10-8-21)20-13-16-4-5-17(20)12-16;1-14-2-5-18-17(10-14)20(13-21-18)6-8-22(9-7-20)19-12-15-3-4-16(19)11-15;1-14-8-9-16-15(12-14)19(10-6-5-7-11-19)13-20(16)17(21)22-18(2,3)4;8-7-4-5-1-2-6(7)3-5;1-3(5)7-8-4(2)6;1-2(4)5-3;2-1-3;1-5(2,3)4;;;/h5,8,13,18-19,22H,6-7,9-12,14-16H2,1-4H3;3,6,11,16-17,20H,4-5,7-10,12-14H2,1-2H3;2,5,10,15-16,19,21H,3-4,6-9,11-13H2,1H3;8-9,12H,5-7,10-11,13H2,1-4H3;5-6H,1-4H2;1-2H3;1H3;1H2;1H3;1H4;1H;/q;;;;;;-1;;;;;+1/t18-,19+,22-;16-,17+,20-;15-,16+,19-;;5-,6+;;;;;;;/m000.0......./s1. The maximum Gasteiger partial charge on any atom is 1.00 e. The monoisotopic (exact) mass is 1940 g/mol. The van der Waals surface area contributed by atoms with Crippen LogP contribution in [0.25, 0.3) is 0 Å². The minimum absolute atomic E-state index is 0. The fraction of sp³-hybridized carbons (Fsp3) is 0.703. The molecule has 723 valence electrons. The Morgan fingerprint density at radius 2 is 0.809 bits per heavy atom. The first-order chi connectivity index (χ1) is 60.3. The van der Waals surface area contributed by atoms with E-state index in [0.717, 1.165) is 162 Å². The Labute approximate surface area is 828 Å². The van der Waals surface area contributed by atoms with Gasteiger partial charge in [0.1, 0.15) is 17.0 Å². The Morgan fingerprint density at radius 1 is 0.473 bits per heavy atom. The van der Waals surface area contributed by atoms with E-state index in [4.69, 9.17) is 32.7 Å². The first-order valence-electron chi connectivity index (χ1n) is 47.5. The van der Waals surface area contributed by atoms with Crippen LogP contribution in [0.15, 0.2) is 72.8 Å². The number of alkyl halides is 2. The summed E-state index contributed by atoms with van der Waals surface area (Å²) < 4.78 is 60.2. The average Bonchev–Trinajstić information content (AvgIpc) is 1.56. The molecule has 2 amide bonds. The van der Waals surface area contributed by atoms with Crippen molar-refractivity contribution in [3.05, 3.63) is 117 Å². The van der Waals surface area contributed by atoms with Crippen LogP contribution >= 0.6 is 46.3 Å². The second kappa shape index (κ2) is 46.3. The van der Waals surface area contributed by atoms with Crippen molar-refractivity contribution in [1.82, 2.24) is 14.7 Å². The zero-order valence-corrected chi connectivity index (χ0v) is 87.1. The molecule has 12 fully saturated rings. The second-order valence-corrected chi connectivity index (χ2v) is 48.2. The molecular weight excluding hydrogens is 1790 g/mol. The largest absolute Gasteiger partial charge is 1.00 e. The first-order valence-corrected chi connectivity index (χ1v) is 53.1. The molecule has 3 saturated heterocycles. The number of amides is 2. The third-order valence-electron chi connectivity index (χ3n) is 30.9. The Balaban J connectivity index is 0.000000178.